The van der Waals surface area contributed by atoms with Gasteiger partial charge in [-0.1, -0.05) is 6.92 Å². The normalized spacial score (nSPS) is 27.0. The fourth-order valence-corrected chi connectivity index (χ4v) is 1.82. The molecule has 0 amide bonds. The summed E-state index contributed by atoms with van der Waals surface area (Å²) in [6.45, 7) is 2.01. The van der Waals surface area contributed by atoms with Crippen molar-refractivity contribution in [3.8, 4) is 0 Å². The minimum absolute atomic E-state index is 0.0331. The molecule has 0 heterocycles. The average Bonchev–Trinajstić information content (AvgIpc) is 2.03. The standard InChI is InChI=1S/C9H17F2N/c1-2-8(12)7-3-5-9(10,11)6-4-7/h7-8H,2-6,12H2,1H3. The van der Waals surface area contributed by atoms with Gasteiger partial charge >= 0.3 is 0 Å². The molecule has 2 N–H and O–H groups in total. The predicted octanol–water partition coefficient (Wildman–Crippen LogP) is 2.55. The van der Waals surface area contributed by atoms with Crippen molar-refractivity contribution in [3.63, 3.8) is 0 Å². The molecule has 12 heavy (non-hydrogen) atoms. The van der Waals surface area contributed by atoms with E-state index in [9.17, 15) is 8.78 Å². The van der Waals surface area contributed by atoms with Gasteiger partial charge < -0.3 is 5.73 Å². The summed E-state index contributed by atoms with van der Waals surface area (Å²) in [7, 11) is 0. The Bertz CT molecular complexity index is 137. The topological polar surface area (TPSA) is 26.0 Å². The highest BCUT2D eigenvalue weighted by Crippen LogP contribution is 2.37. The van der Waals surface area contributed by atoms with Crippen molar-refractivity contribution >= 4 is 0 Å². The molecule has 72 valence electrons. The quantitative estimate of drug-likeness (QED) is 0.689. The highest BCUT2D eigenvalue weighted by Gasteiger charge is 2.36. The van der Waals surface area contributed by atoms with E-state index in [4.69, 9.17) is 5.73 Å². The summed E-state index contributed by atoms with van der Waals surface area (Å²) < 4.78 is 25.4. The molecule has 1 nitrogen and oxygen atoms in total. The molecular weight excluding hydrogens is 160 g/mol. The van der Waals surface area contributed by atoms with Crippen LogP contribution in [-0.2, 0) is 0 Å². The third-order valence-electron chi connectivity index (χ3n) is 2.84. The monoisotopic (exact) mass is 177 g/mol. The lowest BCUT2D eigenvalue weighted by Crippen LogP contribution is -2.35. The van der Waals surface area contributed by atoms with Gasteiger partial charge in [0.2, 0.25) is 5.92 Å². The van der Waals surface area contributed by atoms with E-state index in [2.05, 4.69) is 0 Å². The molecule has 0 aromatic heterocycles. The molecule has 1 fully saturated rings. The van der Waals surface area contributed by atoms with Crippen molar-refractivity contribution in [3.05, 3.63) is 0 Å². The van der Waals surface area contributed by atoms with E-state index in [0.29, 0.717) is 18.8 Å². The Morgan fingerprint density at radius 3 is 2.33 bits per heavy atom. The van der Waals surface area contributed by atoms with E-state index in [-0.39, 0.29) is 18.9 Å². The molecule has 3 heteroatoms. The lowest BCUT2D eigenvalue weighted by molar-refractivity contribution is -0.0482. The zero-order valence-corrected chi connectivity index (χ0v) is 7.52. The first-order chi connectivity index (χ1) is 5.55. The molecule has 1 aliphatic rings. The van der Waals surface area contributed by atoms with Gasteiger partial charge in [-0.25, -0.2) is 8.78 Å². The Kier molecular flexibility index (Phi) is 3.04. The molecule has 0 aromatic carbocycles. The van der Waals surface area contributed by atoms with Crippen LogP contribution in [0.1, 0.15) is 39.0 Å². The van der Waals surface area contributed by atoms with E-state index in [1.54, 1.807) is 0 Å². The third-order valence-corrected chi connectivity index (χ3v) is 2.84. The van der Waals surface area contributed by atoms with Crippen molar-refractivity contribution in [2.75, 3.05) is 0 Å². The van der Waals surface area contributed by atoms with Gasteiger partial charge in [0.25, 0.3) is 0 Å². The van der Waals surface area contributed by atoms with E-state index in [0.717, 1.165) is 6.42 Å². The van der Waals surface area contributed by atoms with Gasteiger partial charge in [0.15, 0.2) is 0 Å². The van der Waals surface area contributed by atoms with Gasteiger partial charge in [0.1, 0.15) is 0 Å². The molecule has 1 aliphatic carbocycles. The van der Waals surface area contributed by atoms with Crippen LogP contribution in [0.25, 0.3) is 0 Å². The minimum Gasteiger partial charge on any atom is -0.327 e. The lowest BCUT2D eigenvalue weighted by Gasteiger charge is -2.31. The van der Waals surface area contributed by atoms with Crippen LogP contribution in [0.5, 0.6) is 0 Å². The number of rotatable bonds is 2. The maximum atomic E-state index is 12.7. The summed E-state index contributed by atoms with van der Waals surface area (Å²) in [5.41, 5.74) is 5.79. The number of alkyl halides is 2. The first-order valence-electron chi connectivity index (χ1n) is 4.68. The second kappa shape index (κ2) is 3.69. The number of hydrogen-bond donors (Lipinski definition) is 1. The average molecular weight is 177 g/mol. The fraction of sp³-hybridized carbons (Fsp3) is 1.00. The van der Waals surface area contributed by atoms with Gasteiger partial charge in [-0.15, -0.1) is 0 Å². The molecule has 1 unspecified atom stereocenters. The maximum Gasteiger partial charge on any atom is 0.248 e. The zero-order valence-electron chi connectivity index (χ0n) is 7.52. The number of hydrogen-bond acceptors (Lipinski definition) is 1. The highest BCUT2D eigenvalue weighted by atomic mass is 19.3. The van der Waals surface area contributed by atoms with Crippen molar-refractivity contribution in [2.45, 2.75) is 51.0 Å². The Morgan fingerprint density at radius 1 is 1.42 bits per heavy atom. The molecule has 0 saturated heterocycles. The first-order valence-corrected chi connectivity index (χ1v) is 4.68. The minimum atomic E-state index is -2.41. The summed E-state index contributed by atoms with van der Waals surface area (Å²) in [5, 5.41) is 0. The molecule has 1 saturated carbocycles. The van der Waals surface area contributed by atoms with Gasteiger partial charge in [0, 0.05) is 18.9 Å². The molecule has 0 bridgehead atoms. The molecule has 0 spiro atoms. The van der Waals surface area contributed by atoms with Crippen LogP contribution in [0.15, 0.2) is 0 Å². The third kappa shape index (κ3) is 2.41. The van der Waals surface area contributed by atoms with E-state index in [1.165, 1.54) is 0 Å². The van der Waals surface area contributed by atoms with E-state index in [1.807, 2.05) is 6.92 Å². The number of halogens is 2. The SMILES string of the molecule is CCC(N)C1CCC(F)(F)CC1. The molecule has 1 rings (SSSR count). The first kappa shape index (κ1) is 9.90. The summed E-state index contributed by atoms with van der Waals surface area (Å²) >= 11 is 0. The van der Waals surface area contributed by atoms with E-state index >= 15 is 0 Å². The van der Waals surface area contributed by atoms with Crippen molar-refractivity contribution in [2.24, 2.45) is 11.7 Å². The molecular formula is C9H17F2N. The Labute approximate surface area is 72.3 Å². The molecule has 0 aliphatic heterocycles. The van der Waals surface area contributed by atoms with Crippen molar-refractivity contribution < 1.29 is 8.78 Å². The number of nitrogens with two attached hydrogens (primary N) is 1. The molecule has 0 aromatic rings. The van der Waals surface area contributed by atoms with Gasteiger partial charge in [-0.05, 0) is 25.2 Å². The van der Waals surface area contributed by atoms with Crippen LogP contribution in [0.2, 0.25) is 0 Å². The fourth-order valence-electron chi connectivity index (χ4n) is 1.82. The zero-order chi connectivity index (χ0) is 9.19. The smallest absolute Gasteiger partial charge is 0.248 e. The largest absolute Gasteiger partial charge is 0.327 e. The van der Waals surface area contributed by atoms with Gasteiger partial charge in [-0.2, -0.15) is 0 Å². The Balaban J connectivity index is 2.36. The van der Waals surface area contributed by atoms with Crippen LogP contribution >= 0.6 is 0 Å². The highest BCUT2D eigenvalue weighted by molar-refractivity contribution is 4.82. The van der Waals surface area contributed by atoms with Crippen LogP contribution in [0.3, 0.4) is 0 Å². The predicted molar refractivity (Wildman–Crippen MR) is 45.2 cm³/mol. The molecule has 1 atom stereocenters. The summed E-state index contributed by atoms with van der Waals surface area (Å²) in [6, 6.07) is 0.126. The Hall–Kier alpha value is -0.180. The van der Waals surface area contributed by atoms with Crippen LogP contribution in [-0.4, -0.2) is 12.0 Å². The molecule has 0 radical (unpaired) electrons. The Morgan fingerprint density at radius 2 is 1.92 bits per heavy atom. The second-order valence-electron chi connectivity index (χ2n) is 3.77. The van der Waals surface area contributed by atoms with Crippen LogP contribution in [0, 0.1) is 5.92 Å². The van der Waals surface area contributed by atoms with Gasteiger partial charge in [0.05, 0.1) is 0 Å². The van der Waals surface area contributed by atoms with Crippen LogP contribution in [0.4, 0.5) is 8.78 Å². The summed E-state index contributed by atoms with van der Waals surface area (Å²) in [6.07, 6.45) is 2.16. The maximum absolute atomic E-state index is 12.7. The van der Waals surface area contributed by atoms with Crippen LogP contribution < -0.4 is 5.73 Å². The van der Waals surface area contributed by atoms with Gasteiger partial charge in [-0.3, -0.25) is 0 Å². The summed E-state index contributed by atoms with van der Waals surface area (Å²) in [5.74, 6) is -2.08. The van der Waals surface area contributed by atoms with E-state index < -0.39 is 5.92 Å². The summed E-state index contributed by atoms with van der Waals surface area (Å²) in [4.78, 5) is 0. The second-order valence-corrected chi connectivity index (χ2v) is 3.77. The lowest BCUT2D eigenvalue weighted by atomic mass is 9.81. The van der Waals surface area contributed by atoms with Crippen molar-refractivity contribution in [1.29, 1.82) is 0 Å². The van der Waals surface area contributed by atoms with Crippen molar-refractivity contribution in [1.82, 2.24) is 0 Å².